The van der Waals surface area contributed by atoms with Crippen LogP contribution in [0.15, 0.2) is 14.7 Å². The highest BCUT2D eigenvalue weighted by molar-refractivity contribution is 5.83. The number of hydrogen-bond acceptors (Lipinski definition) is 5. The average molecular weight is 306 g/mol. The zero-order valence-electron chi connectivity index (χ0n) is 13.8. The number of hydrazone groups is 1. The van der Waals surface area contributed by atoms with Gasteiger partial charge in [-0.3, -0.25) is 13.9 Å². The molecule has 0 aromatic carbocycles. The highest BCUT2D eigenvalue weighted by Gasteiger charge is 2.16. The Morgan fingerprint density at radius 3 is 2.41 bits per heavy atom. The first-order valence-corrected chi connectivity index (χ1v) is 7.15. The minimum atomic E-state index is -0.401. The summed E-state index contributed by atoms with van der Waals surface area (Å²) in [6, 6.07) is 0. The average Bonchev–Trinajstić information content (AvgIpc) is 2.77. The largest absolute Gasteiger partial charge is 0.332 e. The van der Waals surface area contributed by atoms with Crippen LogP contribution in [0.25, 0.3) is 11.2 Å². The van der Waals surface area contributed by atoms with Gasteiger partial charge in [-0.2, -0.15) is 10.1 Å². The fraction of sp³-hybridized carbons (Fsp3) is 0.571. The molecule has 0 bridgehead atoms. The SMILES string of the molecule is C/C(CC(C)C)=N\Nc1nc2c(c(=O)n(C)c(=O)n2C)n1C. The number of imidazole rings is 1. The van der Waals surface area contributed by atoms with Gasteiger partial charge in [0.05, 0.1) is 0 Å². The van der Waals surface area contributed by atoms with Gasteiger partial charge in [0.25, 0.3) is 5.56 Å². The molecule has 0 saturated carbocycles. The lowest BCUT2D eigenvalue weighted by molar-refractivity contribution is 0.681. The Balaban J connectivity index is 2.53. The van der Waals surface area contributed by atoms with Crippen molar-refractivity contribution in [2.75, 3.05) is 5.43 Å². The predicted octanol–water partition coefficient (Wildman–Crippen LogP) is 0.805. The first-order valence-electron chi connectivity index (χ1n) is 7.15. The van der Waals surface area contributed by atoms with E-state index in [2.05, 4.69) is 29.4 Å². The molecule has 0 aliphatic carbocycles. The molecule has 8 heteroatoms. The molecule has 0 fully saturated rings. The first kappa shape index (κ1) is 16.0. The fourth-order valence-corrected chi connectivity index (χ4v) is 2.40. The van der Waals surface area contributed by atoms with E-state index in [4.69, 9.17) is 0 Å². The molecule has 0 atom stereocenters. The Morgan fingerprint density at radius 2 is 1.82 bits per heavy atom. The molecule has 0 aliphatic heterocycles. The quantitative estimate of drug-likeness (QED) is 0.669. The van der Waals surface area contributed by atoms with Crippen LogP contribution in [0.4, 0.5) is 5.95 Å². The standard InChI is InChI=1S/C14H22N6O2/c1-8(2)7-9(3)16-17-13-15-11-10(18(13)4)12(21)20(6)14(22)19(11)5/h8H,7H2,1-6H3,(H,15,17)/b16-9+. The second-order valence-electron chi connectivity index (χ2n) is 5.93. The molecule has 0 radical (unpaired) electrons. The molecular weight excluding hydrogens is 284 g/mol. The van der Waals surface area contributed by atoms with Crippen molar-refractivity contribution in [2.24, 2.45) is 32.2 Å². The molecular formula is C14H22N6O2. The summed E-state index contributed by atoms with van der Waals surface area (Å²) in [5, 5.41) is 4.28. The lowest BCUT2D eigenvalue weighted by Gasteiger charge is -2.05. The maximum absolute atomic E-state index is 12.2. The summed E-state index contributed by atoms with van der Waals surface area (Å²) < 4.78 is 4.04. The number of hydrogen-bond donors (Lipinski definition) is 1. The molecule has 2 aromatic heterocycles. The van der Waals surface area contributed by atoms with Crippen LogP contribution < -0.4 is 16.7 Å². The number of nitrogens with one attached hydrogen (secondary N) is 1. The van der Waals surface area contributed by atoms with Crippen LogP contribution in [-0.2, 0) is 21.1 Å². The fourth-order valence-electron chi connectivity index (χ4n) is 2.40. The van der Waals surface area contributed by atoms with Crippen LogP contribution in [0.5, 0.6) is 0 Å². The summed E-state index contributed by atoms with van der Waals surface area (Å²) in [4.78, 5) is 28.5. The first-order chi connectivity index (χ1) is 10.2. The molecule has 1 N–H and O–H groups in total. The maximum Gasteiger partial charge on any atom is 0.332 e. The summed E-state index contributed by atoms with van der Waals surface area (Å²) in [6.07, 6.45) is 0.872. The van der Waals surface area contributed by atoms with E-state index in [1.54, 1.807) is 18.7 Å². The van der Waals surface area contributed by atoms with Gasteiger partial charge in [-0.1, -0.05) is 13.8 Å². The van der Waals surface area contributed by atoms with Crippen molar-refractivity contribution < 1.29 is 0 Å². The van der Waals surface area contributed by atoms with Gasteiger partial charge in [-0.05, 0) is 19.3 Å². The van der Waals surface area contributed by atoms with E-state index < -0.39 is 5.69 Å². The normalized spacial score (nSPS) is 12.4. The Kier molecular flexibility index (Phi) is 4.20. The molecule has 22 heavy (non-hydrogen) atoms. The van der Waals surface area contributed by atoms with Gasteiger partial charge in [0.2, 0.25) is 5.95 Å². The molecule has 2 rings (SSSR count). The molecule has 2 aromatic rings. The Morgan fingerprint density at radius 1 is 1.18 bits per heavy atom. The summed E-state index contributed by atoms with van der Waals surface area (Å²) in [5.41, 5.74) is 3.76. The summed E-state index contributed by atoms with van der Waals surface area (Å²) in [5.74, 6) is 0.940. The number of aromatic nitrogens is 4. The van der Waals surface area contributed by atoms with Crippen LogP contribution in [0.2, 0.25) is 0 Å². The van der Waals surface area contributed by atoms with Crippen LogP contribution in [0.1, 0.15) is 27.2 Å². The third kappa shape index (κ3) is 2.68. The number of fused-ring (bicyclic) bond motifs is 1. The van der Waals surface area contributed by atoms with E-state index in [1.165, 1.54) is 11.6 Å². The topological polar surface area (TPSA) is 86.2 Å². The van der Waals surface area contributed by atoms with Crippen molar-refractivity contribution in [2.45, 2.75) is 27.2 Å². The van der Waals surface area contributed by atoms with E-state index in [0.29, 0.717) is 23.0 Å². The highest BCUT2D eigenvalue weighted by Crippen LogP contribution is 2.13. The zero-order valence-corrected chi connectivity index (χ0v) is 13.8. The second-order valence-corrected chi connectivity index (χ2v) is 5.93. The maximum atomic E-state index is 12.2. The van der Waals surface area contributed by atoms with Crippen LogP contribution in [0.3, 0.4) is 0 Å². The third-order valence-corrected chi connectivity index (χ3v) is 3.53. The van der Waals surface area contributed by atoms with Gasteiger partial charge in [0.15, 0.2) is 11.2 Å². The van der Waals surface area contributed by atoms with E-state index in [0.717, 1.165) is 16.7 Å². The molecule has 0 amide bonds. The van der Waals surface area contributed by atoms with Gasteiger partial charge in [-0.25, -0.2) is 10.2 Å². The van der Waals surface area contributed by atoms with E-state index in [-0.39, 0.29) is 5.56 Å². The summed E-state index contributed by atoms with van der Waals surface area (Å²) in [7, 11) is 4.76. The second kappa shape index (κ2) is 5.78. The Hall–Kier alpha value is -2.38. The van der Waals surface area contributed by atoms with Crippen molar-refractivity contribution in [1.82, 2.24) is 18.7 Å². The molecule has 2 heterocycles. The number of aryl methyl sites for hydroxylation is 2. The van der Waals surface area contributed by atoms with Crippen molar-refractivity contribution in [1.29, 1.82) is 0 Å². The number of anilines is 1. The van der Waals surface area contributed by atoms with Gasteiger partial charge >= 0.3 is 5.69 Å². The minimum absolute atomic E-state index is 0.342. The van der Waals surface area contributed by atoms with E-state index >= 15 is 0 Å². The van der Waals surface area contributed by atoms with E-state index in [9.17, 15) is 9.59 Å². The van der Waals surface area contributed by atoms with Crippen molar-refractivity contribution in [3.8, 4) is 0 Å². The van der Waals surface area contributed by atoms with Crippen molar-refractivity contribution in [3.63, 3.8) is 0 Å². The number of rotatable bonds is 4. The summed E-state index contributed by atoms with van der Waals surface area (Å²) in [6.45, 7) is 6.17. The Labute approximate surface area is 128 Å². The van der Waals surface area contributed by atoms with E-state index in [1.807, 2.05) is 6.92 Å². The highest BCUT2D eigenvalue weighted by atomic mass is 16.2. The summed E-state index contributed by atoms with van der Waals surface area (Å²) >= 11 is 0. The predicted molar refractivity (Wildman–Crippen MR) is 87.4 cm³/mol. The zero-order chi connectivity index (χ0) is 16.6. The molecule has 0 saturated heterocycles. The van der Waals surface area contributed by atoms with Gasteiger partial charge in [0, 0.05) is 26.9 Å². The monoisotopic (exact) mass is 306 g/mol. The third-order valence-electron chi connectivity index (χ3n) is 3.53. The lowest BCUT2D eigenvalue weighted by Crippen LogP contribution is -2.37. The number of nitrogens with zero attached hydrogens (tertiary/aromatic N) is 5. The van der Waals surface area contributed by atoms with Crippen LogP contribution in [0, 0.1) is 5.92 Å². The molecule has 0 unspecified atom stereocenters. The van der Waals surface area contributed by atoms with Crippen LogP contribution >= 0.6 is 0 Å². The molecule has 0 aliphatic rings. The van der Waals surface area contributed by atoms with Gasteiger partial charge in [0.1, 0.15) is 0 Å². The smallest absolute Gasteiger partial charge is 0.306 e. The van der Waals surface area contributed by atoms with Crippen LogP contribution in [-0.4, -0.2) is 24.4 Å². The minimum Gasteiger partial charge on any atom is -0.306 e. The molecule has 120 valence electrons. The molecule has 0 spiro atoms. The van der Waals surface area contributed by atoms with Gasteiger partial charge < -0.3 is 4.57 Å². The van der Waals surface area contributed by atoms with Crippen molar-refractivity contribution in [3.05, 3.63) is 20.8 Å². The van der Waals surface area contributed by atoms with Gasteiger partial charge in [-0.15, -0.1) is 0 Å². The van der Waals surface area contributed by atoms with Crippen molar-refractivity contribution >= 4 is 22.8 Å². The Bertz CT molecular complexity index is 853. The molecule has 8 nitrogen and oxygen atoms in total. The lowest BCUT2D eigenvalue weighted by atomic mass is 10.1.